The number of fused-ring (bicyclic) bond motifs is 1. The minimum atomic E-state index is -2.73. The monoisotopic (exact) mass is 223 g/mol. The van der Waals surface area contributed by atoms with Crippen LogP contribution in [0.5, 0.6) is 0 Å². The maximum absolute atomic E-state index is 13.4. The maximum Gasteiger partial charge on any atom is 0.187 e. The Balaban J connectivity index is 2.65. The van der Waals surface area contributed by atoms with Gasteiger partial charge in [0.15, 0.2) is 5.50 Å². The van der Waals surface area contributed by atoms with Crippen LogP contribution < -0.4 is 0 Å². The summed E-state index contributed by atoms with van der Waals surface area (Å²) < 4.78 is 34.5. The Bertz CT molecular complexity index is 507. The van der Waals surface area contributed by atoms with Crippen molar-refractivity contribution in [2.75, 3.05) is 0 Å². The Labute approximate surface area is 89.0 Å². The average Bonchev–Trinajstić information content (AvgIpc) is 2.27. The molecule has 0 aliphatic rings. The van der Waals surface area contributed by atoms with Gasteiger partial charge in [-0.2, -0.15) is 0 Å². The van der Waals surface area contributed by atoms with Gasteiger partial charge < -0.3 is 4.55 Å². The molecule has 15 heavy (non-hydrogen) atoms. The van der Waals surface area contributed by atoms with Gasteiger partial charge in [-0.15, -0.1) is 0 Å². The van der Waals surface area contributed by atoms with Crippen molar-refractivity contribution in [3.05, 3.63) is 48.0 Å². The summed E-state index contributed by atoms with van der Waals surface area (Å²) in [5.41, 5.74) is -1.77. The van der Waals surface area contributed by atoms with Crippen molar-refractivity contribution in [3.63, 3.8) is 0 Å². The summed E-state index contributed by atoms with van der Waals surface area (Å²) in [7, 11) is 0. The molecule has 2 atom stereocenters. The average molecular weight is 223 g/mol. The molecule has 0 N–H and O–H groups in total. The van der Waals surface area contributed by atoms with Gasteiger partial charge in [0.2, 0.25) is 0 Å². The molecule has 2 aromatic carbocycles. The van der Waals surface area contributed by atoms with Crippen LogP contribution in [-0.2, 0) is 11.1 Å². The molecule has 0 amide bonds. The Morgan fingerprint density at radius 1 is 1.13 bits per heavy atom. The van der Waals surface area contributed by atoms with Crippen LogP contribution in [0.1, 0.15) is 11.1 Å². The number of halogens is 1. The van der Waals surface area contributed by atoms with Crippen LogP contribution in [-0.4, -0.2) is 8.76 Å². The lowest BCUT2D eigenvalue weighted by Crippen LogP contribution is -2.00. The molecule has 2 nitrogen and oxygen atoms in total. The van der Waals surface area contributed by atoms with Crippen LogP contribution in [0.15, 0.2) is 42.5 Å². The SMILES string of the molecule is O=S([O-])C(F)c1cccc2ccccc12. The van der Waals surface area contributed by atoms with Crippen LogP contribution in [0.4, 0.5) is 4.39 Å². The second-order valence-electron chi connectivity index (χ2n) is 3.14. The van der Waals surface area contributed by atoms with Gasteiger partial charge in [-0.05, 0) is 21.9 Å². The van der Waals surface area contributed by atoms with E-state index in [-0.39, 0.29) is 5.56 Å². The lowest BCUT2D eigenvalue weighted by molar-refractivity contribution is 0.413. The number of alkyl halides is 1. The van der Waals surface area contributed by atoms with Crippen molar-refractivity contribution in [1.29, 1.82) is 0 Å². The van der Waals surface area contributed by atoms with Gasteiger partial charge in [-0.3, -0.25) is 4.21 Å². The number of hydrogen-bond donors (Lipinski definition) is 0. The molecule has 78 valence electrons. The molecule has 2 rings (SSSR count). The molecule has 0 aliphatic carbocycles. The molecule has 0 radical (unpaired) electrons. The summed E-state index contributed by atoms with van der Waals surface area (Å²) >= 11 is -2.73. The fourth-order valence-corrected chi connectivity index (χ4v) is 1.96. The molecular weight excluding hydrogens is 215 g/mol. The molecule has 0 spiro atoms. The topological polar surface area (TPSA) is 40.1 Å². The zero-order valence-corrected chi connectivity index (χ0v) is 8.54. The predicted molar refractivity (Wildman–Crippen MR) is 56.7 cm³/mol. The van der Waals surface area contributed by atoms with Crippen molar-refractivity contribution >= 4 is 21.9 Å². The summed E-state index contributed by atoms with van der Waals surface area (Å²) in [5.74, 6) is 0. The third-order valence-corrected chi connectivity index (χ3v) is 2.83. The quantitative estimate of drug-likeness (QED) is 0.734. The van der Waals surface area contributed by atoms with E-state index in [4.69, 9.17) is 0 Å². The molecule has 0 bridgehead atoms. The minimum absolute atomic E-state index is 0.196. The maximum atomic E-state index is 13.4. The van der Waals surface area contributed by atoms with Crippen molar-refractivity contribution in [2.24, 2.45) is 0 Å². The Morgan fingerprint density at radius 3 is 2.53 bits per heavy atom. The molecule has 0 aromatic heterocycles. The van der Waals surface area contributed by atoms with E-state index in [0.717, 1.165) is 5.39 Å². The molecule has 0 saturated carbocycles. The van der Waals surface area contributed by atoms with Crippen molar-refractivity contribution < 1.29 is 13.2 Å². The molecule has 4 heteroatoms. The predicted octanol–water partition coefficient (Wildman–Crippen LogP) is 2.69. The Morgan fingerprint density at radius 2 is 1.80 bits per heavy atom. The van der Waals surface area contributed by atoms with Gasteiger partial charge in [-0.1, -0.05) is 42.5 Å². The first-order valence-electron chi connectivity index (χ1n) is 4.40. The standard InChI is InChI=1S/C11H9FO2S/c12-11(15(13)14)10-7-3-5-8-4-1-2-6-9(8)10/h1-7,11H,(H,13,14)/p-1. The van der Waals surface area contributed by atoms with E-state index in [1.54, 1.807) is 18.2 Å². The summed E-state index contributed by atoms with van der Waals surface area (Å²) in [6.45, 7) is 0. The largest absolute Gasteiger partial charge is 0.770 e. The van der Waals surface area contributed by atoms with Gasteiger partial charge in [0, 0.05) is 5.56 Å². The smallest absolute Gasteiger partial charge is 0.187 e. The van der Waals surface area contributed by atoms with E-state index < -0.39 is 16.6 Å². The highest BCUT2D eigenvalue weighted by Gasteiger charge is 2.12. The summed E-state index contributed by atoms with van der Waals surface area (Å²) in [6, 6.07) is 12.1. The first-order valence-corrected chi connectivity index (χ1v) is 5.54. The first-order chi connectivity index (χ1) is 7.20. The van der Waals surface area contributed by atoms with E-state index in [9.17, 15) is 13.2 Å². The third kappa shape index (κ3) is 1.91. The van der Waals surface area contributed by atoms with Gasteiger partial charge in [-0.25, -0.2) is 4.39 Å². The van der Waals surface area contributed by atoms with E-state index >= 15 is 0 Å². The van der Waals surface area contributed by atoms with E-state index in [1.165, 1.54) is 6.07 Å². The zero-order valence-electron chi connectivity index (χ0n) is 7.72. The number of benzene rings is 2. The second kappa shape index (κ2) is 4.08. The molecule has 0 saturated heterocycles. The van der Waals surface area contributed by atoms with Crippen molar-refractivity contribution in [1.82, 2.24) is 0 Å². The molecule has 2 aromatic rings. The van der Waals surface area contributed by atoms with Gasteiger partial charge in [0.1, 0.15) is 0 Å². The number of hydrogen-bond acceptors (Lipinski definition) is 2. The van der Waals surface area contributed by atoms with E-state index in [0.29, 0.717) is 5.39 Å². The number of rotatable bonds is 2. The molecule has 0 fully saturated rings. The van der Waals surface area contributed by atoms with Gasteiger partial charge in [0.05, 0.1) is 0 Å². The van der Waals surface area contributed by atoms with E-state index in [1.807, 2.05) is 18.2 Å². The fraction of sp³-hybridized carbons (Fsp3) is 0.0909. The van der Waals surface area contributed by atoms with Gasteiger partial charge >= 0.3 is 0 Å². The van der Waals surface area contributed by atoms with Crippen molar-refractivity contribution in [2.45, 2.75) is 5.50 Å². The molecule has 0 aliphatic heterocycles. The minimum Gasteiger partial charge on any atom is -0.770 e. The Hall–Kier alpha value is -1.26. The highest BCUT2D eigenvalue weighted by molar-refractivity contribution is 7.79. The van der Waals surface area contributed by atoms with Crippen LogP contribution >= 0.6 is 0 Å². The summed E-state index contributed by atoms with van der Waals surface area (Å²) in [5, 5.41) is 1.47. The highest BCUT2D eigenvalue weighted by atomic mass is 32.2. The third-order valence-electron chi connectivity index (χ3n) is 2.24. The molecule has 2 unspecified atom stereocenters. The molecular formula is C11H8FO2S-. The van der Waals surface area contributed by atoms with E-state index in [2.05, 4.69) is 0 Å². The highest BCUT2D eigenvalue weighted by Crippen LogP contribution is 2.28. The zero-order chi connectivity index (χ0) is 10.8. The second-order valence-corrected chi connectivity index (χ2v) is 4.08. The van der Waals surface area contributed by atoms with Gasteiger partial charge in [0.25, 0.3) is 0 Å². The van der Waals surface area contributed by atoms with Crippen LogP contribution in [0.25, 0.3) is 10.8 Å². The Kier molecular flexibility index (Phi) is 2.79. The van der Waals surface area contributed by atoms with Crippen LogP contribution in [0.3, 0.4) is 0 Å². The summed E-state index contributed by atoms with van der Waals surface area (Å²) in [4.78, 5) is 0. The summed E-state index contributed by atoms with van der Waals surface area (Å²) in [6.07, 6.45) is 0. The first kappa shape index (κ1) is 10.3. The fourth-order valence-electron chi connectivity index (χ4n) is 1.55. The van der Waals surface area contributed by atoms with Crippen molar-refractivity contribution in [3.8, 4) is 0 Å². The normalized spacial score (nSPS) is 15.1. The molecule has 0 heterocycles. The van der Waals surface area contributed by atoms with Crippen LogP contribution in [0.2, 0.25) is 0 Å². The lowest BCUT2D eigenvalue weighted by atomic mass is 10.1. The lowest BCUT2D eigenvalue weighted by Gasteiger charge is -2.13. The van der Waals surface area contributed by atoms with Crippen LogP contribution in [0, 0.1) is 0 Å².